The number of nitrogens with zero attached hydrogens (tertiary/aromatic N) is 1. The molecule has 4 rings (SSSR count). The predicted molar refractivity (Wildman–Crippen MR) is 132 cm³/mol. The van der Waals surface area contributed by atoms with Gasteiger partial charge in [-0.25, -0.2) is 0 Å². The van der Waals surface area contributed by atoms with Crippen molar-refractivity contribution in [1.29, 1.82) is 0 Å². The zero-order valence-electron chi connectivity index (χ0n) is 17.2. The molecule has 3 aromatic rings. The van der Waals surface area contributed by atoms with Crippen LogP contribution in [0.25, 0.3) is 11.6 Å². The first kappa shape index (κ1) is 21.7. The Hall–Kier alpha value is -2.57. The van der Waals surface area contributed by atoms with Crippen LogP contribution < -0.4 is 14.4 Å². The van der Waals surface area contributed by atoms with Crippen molar-refractivity contribution in [3.63, 3.8) is 0 Å². The molecule has 1 aliphatic rings. The summed E-state index contributed by atoms with van der Waals surface area (Å²) in [6.07, 6.45) is 1.90. The van der Waals surface area contributed by atoms with E-state index in [1.807, 2.05) is 73.7 Å². The molecule has 0 saturated carbocycles. The summed E-state index contributed by atoms with van der Waals surface area (Å²) in [5.41, 5.74) is 4.46. The first-order valence-electron chi connectivity index (χ1n) is 9.89. The van der Waals surface area contributed by atoms with Gasteiger partial charge in [0.15, 0.2) is 11.5 Å². The molecule has 0 N–H and O–H groups in total. The Morgan fingerprint density at radius 1 is 1.00 bits per heavy atom. The largest absolute Gasteiger partial charge is 0.493 e. The summed E-state index contributed by atoms with van der Waals surface area (Å²) in [4.78, 5) is 14.8. The Morgan fingerprint density at radius 2 is 1.74 bits per heavy atom. The normalized spacial score (nSPS) is 14.1. The number of ether oxygens (including phenoxy) is 2. The van der Waals surface area contributed by atoms with Gasteiger partial charge in [0.1, 0.15) is 6.61 Å². The summed E-state index contributed by atoms with van der Waals surface area (Å²) in [6.45, 7) is 3.03. The maximum atomic E-state index is 13.0. The number of carbonyl (C=O) groups is 1. The molecule has 0 aliphatic carbocycles. The van der Waals surface area contributed by atoms with Crippen LogP contribution in [0.5, 0.6) is 11.5 Å². The second-order valence-corrected chi connectivity index (χ2v) is 8.83. The minimum atomic E-state index is 0.00475. The lowest BCUT2D eigenvalue weighted by molar-refractivity contribution is -0.112. The first-order chi connectivity index (χ1) is 15.0. The molecule has 31 heavy (non-hydrogen) atoms. The molecular weight excluding hydrogens is 522 g/mol. The molecule has 0 fully saturated rings. The summed E-state index contributed by atoms with van der Waals surface area (Å²) in [6, 6.07) is 19.6. The second-order valence-electron chi connectivity index (χ2n) is 7.06. The van der Waals surface area contributed by atoms with Crippen molar-refractivity contribution in [2.45, 2.75) is 13.5 Å². The fourth-order valence-electron chi connectivity index (χ4n) is 3.59. The quantitative estimate of drug-likeness (QED) is 0.325. The van der Waals surface area contributed by atoms with Crippen LogP contribution in [0.1, 0.15) is 23.6 Å². The number of rotatable bonds is 6. The lowest BCUT2D eigenvalue weighted by Crippen LogP contribution is -2.25. The molecule has 1 aliphatic heterocycles. The van der Waals surface area contributed by atoms with Crippen LogP contribution >= 0.6 is 31.9 Å². The van der Waals surface area contributed by atoms with E-state index in [1.54, 1.807) is 12.0 Å². The van der Waals surface area contributed by atoms with Gasteiger partial charge >= 0.3 is 0 Å². The maximum Gasteiger partial charge on any atom is 0.258 e. The van der Waals surface area contributed by atoms with Crippen LogP contribution in [0.4, 0.5) is 5.69 Å². The standard InChI is InChI=1S/C25H21Br2NO3/c1-3-28-22-7-5-4-6-19(22)20(25(28)29)12-17-13-23(30-2)24(14-21(17)27)31-15-16-8-10-18(26)11-9-16/h4-14H,3,15H2,1-2H3/b20-12-. The average molecular weight is 543 g/mol. The summed E-state index contributed by atoms with van der Waals surface area (Å²) < 4.78 is 13.4. The predicted octanol–water partition coefficient (Wildman–Crippen LogP) is 6.71. The number of anilines is 1. The van der Waals surface area contributed by atoms with E-state index in [4.69, 9.17) is 9.47 Å². The van der Waals surface area contributed by atoms with Crippen LogP contribution in [0.15, 0.2) is 69.6 Å². The SMILES string of the molecule is CCN1C(=O)/C(=C\c2cc(OC)c(OCc3ccc(Br)cc3)cc2Br)c2ccccc21. The molecule has 0 atom stereocenters. The minimum absolute atomic E-state index is 0.00475. The van der Waals surface area contributed by atoms with Gasteiger partial charge in [0.25, 0.3) is 5.91 Å². The molecule has 6 heteroatoms. The third-order valence-electron chi connectivity index (χ3n) is 5.17. The summed E-state index contributed by atoms with van der Waals surface area (Å²) >= 11 is 7.08. The van der Waals surface area contributed by atoms with E-state index in [2.05, 4.69) is 31.9 Å². The van der Waals surface area contributed by atoms with Crippen molar-refractivity contribution < 1.29 is 14.3 Å². The van der Waals surface area contributed by atoms with Gasteiger partial charge in [0.2, 0.25) is 0 Å². The Bertz CT molecular complexity index is 1160. The highest BCUT2D eigenvalue weighted by atomic mass is 79.9. The molecule has 158 valence electrons. The van der Waals surface area contributed by atoms with Crippen LogP contribution in [0.3, 0.4) is 0 Å². The summed E-state index contributed by atoms with van der Waals surface area (Å²) in [5, 5.41) is 0. The number of fused-ring (bicyclic) bond motifs is 1. The van der Waals surface area contributed by atoms with Crippen molar-refractivity contribution >= 4 is 55.1 Å². The Morgan fingerprint density at radius 3 is 2.45 bits per heavy atom. The molecule has 0 spiro atoms. The Kier molecular flexibility index (Phi) is 6.49. The number of carbonyl (C=O) groups excluding carboxylic acids is 1. The minimum Gasteiger partial charge on any atom is -0.493 e. The molecule has 0 radical (unpaired) electrons. The highest BCUT2D eigenvalue weighted by molar-refractivity contribution is 9.10. The molecule has 1 heterocycles. The third-order valence-corrected chi connectivity index (χ3v) is 6.38. The van der Waals surface area contributed by atoms with Crippen molar-refractivity contribution in [2.24, 2.45) is 0 Å². The van der Waals surface area contributed by atoms with Gasteiger partial charge in [-0.1, -0.05) is 62.2 Å². The average Bonchev–Trinajstić information content (AvgIpc) is 3.05. The van der Waals surface area contributed by atoms with E-state index in [0.717, 1.165) is 31.3 Å². The van der Waals surface area contributed by atoms with E-state index in [0.29, 0.717) is 30.2 Å². The van der Waals surface area contributed by atoms with E-state index in [9.17, 15) is 4.79 Å². The number of benzene rings is 3. The fourth-order valence-corrected chi connectivity index (χ4v) is 4.29. The van der Waals surface area contributed by atoms with Gasteiger partial charge in [-0.3, -0.25) is 4.79 Å². The molecular formula is C25H21Br2NO3. The van der Waals surface area contributed by atoms with Crippen molar-refractivity contribution in [2.75, 3.05) is 18.6 Å². The molecule has 0 unspecified atom stereocenters. The van der Waals surface area contributed by atoms with Gasteiger partial charge < -0.3 is 14.4 Å². The molecule has 4 nitrogen and oxygen atoms in total. The van der Waals surface area contributed by atoms with Gasteiger partial charge in [0.05, 0.1) is 12.8 Å². The monoisotopic (exact) mass is 541 g/mol. The van der Waals surface area contributed by atoms with Gasteiger partial charge in [-0.15, -0.1) is 0 Å². The number of amides is 1. The molecule has 1 amide bonds. The Balaban J connectivity index is 1.65. The third kappa shape index (κ3) is 4.41. The van der Waals surface area contributed by atoms with Crippen molar-refractivity contribution in [1.82, 2.24) is 0 Å². The number of methoxy groups -OCH3 is 1. The Labute approximate surface area is 198 Å². The zero-order chi connectivity index (χ0) is 22.0. The van der Waals surface area contributed by atoms with Crippen LogP contribution in [0.2, 0.25) is 0 Å². The van der Waals surface area contributed by atoms with Gasteiger partial charge in [-0.05, 0) is 54.5 Å². The number of halogens is 2. The number of para-hydroxylation sites is 1. The zero-order valence-corrected chi connectivity index (χ0v) is 20.4. The van der Waals surface area contributed by atoms with Crippen LogP contribution in [0, 0.1) is 0 Å². The van der Waals surface area contributed by atoms with E-state index in [1.165, 1.54) is 0 Å². The topological polar surface area (TPSA) is 38.8 Å². The second kappa shape index (κ2) is 9.28. The van der Waals surface area contributed by atoms with Crippen molar-refractivity contribution in [3.05, 3.63) is 86.3 Å². The van der Waals surface area contributed by atoms with Crippen molar-refractivity contribution in [3.8, 4) is 11.5 Å². The number of hydrogen-bond donors (Lipinski definition) is 0. The molecule has 0 saturated heterocycles. The number of hydrogen-bond acceptors (Lipinski definition) is 3. The smallest absolute Gasteiger partial charge is 0.258 e. The van der Waals surface area contributed by atoms with Crippen LogP contribution in [-0.4, -0.2) is 19.6 Å². The summed E-state index contributed by atoms with van der Waals surface area (Å²) in [5.74, 6) is 1.25. The van der Waals surface area contributed by atoms with Gasteiger partial charge in [0, 0.05) is 26.6 Å². The summed E-state index contributed by atoms with van der Waals surface area (Å²) in [7, 11) is 1.61. The van der Waals surface area contributed by atoms with Gasteiger partial charge in [-0.2, -0.15) is 0 Å². The molecule has 0 aromatic heterocycles. The molecule has 3 aromatic carbocycles. The molecule has 0 bridgehead atoms. The van der Waals surface area contributed by atoms with Crippen LogP contribution in [-0.2, 0) is 11.4 Å². The highest BCUT2D eigenvalue weighted by Crippen LogP contribution is 2.40. The highest BCUT2D eigenvalue weighted by Gasteiger charge is 2.31. The maximum absolute atomic E-state index is 13.0. The number of likely N-dealkylation sites (N-methyl/N-ethyl adjacent to an activating group) is 1. The first-order valence-corrected chi connectivity index (χ1v) is 11.5. The fraction of sp³-hybridized carbons (Fsp3) is 0.160. The van der Waals surface area contributed by atoms with E-state index < -0.39 is 0 Å². The van der Waals surface area contributed by atoms with E-state index in [-0.39, 0.29) is 5.91 Å². The lowest BCUT2D eigenvalue weighted by atomic mass is 10.0. The van der Waals surface area contributed by atoms with E-state index >= 15 is 0 Å². The lowest BCUT2D eigenvalue weighted by Gasteiger charge is -2.14.